The predicted octanol–water partition coefficient (Wildman–Crippen LogP) is 1.03. The smallest absolute Gasteiger partial charge is 0.265 e. The molecule has 0 aromatic carbocycles. The molecule has 2 aromatic heterocycles. The second kappa shape index (κ2) is 5.62. The summed E-state index contributed by atoms with van der Waals surface area (Å²) < 4.78 is 0. The molecule has 2 heterocycles. The summed E-state index contributed by atoms with van der Waals surface area (Å²) in [6, 6.07) is 3.63. The van der Waals surface area contributed by atoms with Crippen LogP contribution >= 0.6 is 0 Å². The van der Waals surface area contributed by atoms with Gasteiger partial charge in [-0.2, -0.15) is 5.10 Å². The van der Waals surface area contributed by atoms with Gasteiger partial charge in [-0.25, -0.2) is 10.4 Å². The van der Waals surface area contributed by atoms with E-state index in [2.05, 4.69) is 25.5 Å². The summed E-state index contributed by atoms with van der Waals surface area (Å²) in [6.45, 7) is 1.80. The zero-order valence-electron chi connectivity index (χ0n) is 9.74. The SMILES string of the molecule is C/C(=N\NC(=O)c1cnccn1)c1ccncc1. The summed E-state index contributed by atoms with van der Waals surface area (Å²) >= 11 is 0. The molecule has 0 saturated heterocycles. The number of carbonyl (C=O) groups excluding carboxylic acids is 1. The third kappa shape index (κ3) is 2.94. The zero-order valence-corrected chi connectivity index (χ0v) is 9.74. The minimum Gasteiger partial charge on any atom is -0.265 e. The van der Waals surface area contributed by atoms with Crippen LogP contribution in [0.4, 0.5) is 0 Å². The highest BCUT2D eigenvalue weighted by Gasteiger charge is 2.05. The normalized spacial score (nSPS) is 11.1. The summed E-state index contributed by atoms with van der Waals surface area (Å²) in [5, 5.41) is 3.99. The Balaban J connectivity index is 2.05. The molecular weight excluding hydrogens is 230 g/mol. The van der Waals surface area contributed by atoms with Gasteiger partial charge in [-0.05, 0) is 19.1 Å². The fourth-order valence-electron chi connectivity index (χ4n) is 1.27. The Bertz CT molecular complexity index is 553. The van der Waals surface area contributed by atoms with Crippen LogP contribution in [0.25, 0.3) is 0 Å². The highest BCUT2D eigenvalue weighted by molar-refractivity contribution is 6.00. The van der Waals surface area contributed by atoms with Gasteiger partial charge in [0.25, 0.3) is 5.91 Å². The van der Waals surface area contributed by atoms with Crippen LogP contribution in [0, 0.1) is 0 Å². The van der Waals surface area contributed by atoms with Crippen molar-refractivity contribution in [3.05, 3.63) is 54.4 Å². The van der Waals surface area contributed by atoms with Crippen molar-refractivity contribution in [2.75, 3.05) is 0 Å². The maximum absolute atomic E-state index is 11.6. The van der Waals surface area contributed by atoms with Crippen molar-refractivity contribution in [3.63, 3.8) is 0 Å². The average Bonchev–Trinajstić information content (AvgIpc) is 2.46. The molecule has 0 aliphatic heterocycles. The van der Waals surface area contributed by atoms with Crippen LogP contribution in [-0.4, -0.2) is 26.6 Å². The lowest BCUT2D eigenvalue weighted by molar-refractivity contribution is 0.0949. The number of rotatable bonds is 3. The molecule has 2 aromatic rings. The molecule has 6 heteroatoms. The minimum absolute atomic E-state index is 0.226. The van der Waals surface area contributed by atoms with Crippen molar-refractivity contribution < 1.29 is 4.79 Å². The lowest BCUT2D eigenvalue weighted by Gasteiger charge is -2.01. The summed E-state index contributed by atoms with van der Waals surface area (Å²) in [5.41, 5.74) is 4.23. The Kier molecular flexibility index (Phi) is 3.70. The molecule has 0 fully saturated rings. The summed E-state index contributed by atoms with van der Waals surface area (Å²) in [7, 11) is 0. The van der Waals surface area contributed by atoms with Crippen LogP contribution in [0.2, 0.25) is 0 Å². The molecule has 0 aliphatic carbocycles. The largest absolute Gasteiger partial charge is 0.291 e. The van der Waals surface area contributed by atoms with Gasteiger partial charge in [0.2, 0.25) is 0 Å². The second-order valence-electron chi connectivity index (χ2n) is 3.46. The summed E-state index contributed by atoms with van der Waals surface area (Å²) in [5.74, 6) is -0.392. The number of pyridine rings is 1. The molecule has 0 aliphatic rings. The van der Waals surface area contributed by atoms with Crippen molar-refractivity contribution in [1.82, 2.24) is 20.4 Å². The highest BCUT2D eigenvalue weighted by Crippen LogP contribution is 1.98. The number of hydrazone groups is 1. The van der Waals surface area contributed by atoms with Gasteiger partial charge in [-0.1, -0.05) is 0 Å². The first kappa shape index (κ1) is 11.8. The van der Waals surface area contributed by atoms with Gasteiger partial charge in [0.1, 0.15) is 5.69 Å². The van der Waals surface area contributed by atoms with Gasteiger partial charge in [0, 0.05) is 30.4 Å². The molecule has 0 radical (unpaired) electrons. The van der Waals surface area contributed by atoms with Crippen LogP contribution < -0.4 is 5.43 Å². The first-order valence-electron chi connectivity index (χ1n) is 5.28. The standard InChI is InChI=1S/C12H11N5O/c1-9(10-2-4-13-5-3-10)16-17-12(18)11-8-14-6-7-15-11/h2-8H,1H3,(H,17,18)/b16-9+. The molecule has 0 unspecified atom stereocenters. The van der Waals surface area contributed by atoms with Crippen molar-refractivity contribution >= 4 is 11.6 Å². The average molecular weight is 241 g/mol. The molecular formula is C12H11N5O. The van der Waals surface area contributed by atoms with E-state index in [1.807, 2.05) is 12.1 Å². The first-order valence-corrected chi connectivity index (χ1v) is 5.28. The van der Waals surface area contributed by atoms with E-state index in [-0.39, 0.29) is 5.69 Å². The summed E-state index contributed by atoms with van der Waals surface area (Å²) in [6.07, 6.45) is 7.67. The fourth-order valence-corrected chi connectivity index (χ4v) is 1.27. The molecule has 6 nitrogen and oxygen atoms in total. The third-order valence-electron chi connectivity index (χ3n) is 2.22. The number of carbonyl (C=O) groups is 1. The molecule has 0 saturated carbocycles. The number of nitrogens with one attached hydrogen (secondary N) is 1. The van der Waals surface area contributed by atoms with E-state index in [1.165, 1.54) is 18.6 Å². The molecule has 1 N–H and O–H groups in total. The van der Waals surface area contributed by atoms with Crippen LogP contribution in [0.1, 0.15) is 23.0 Å². The van der Waals surface area contributed by atoms with Gasteiger partial charge in [0.05, 0.1) is 11.9 Å². The van der Waals surface area contributed by atoms with Gasteiger partial charge < -0.3 is 0 Å². The van der Waals surface area contributed by atoms with Gasteiger partial charge in [-0.15, -0.1) is 0 Å². The molecule has 0 bridgehead atoms. The van der Waals surface area contributed by atoms with Gasteiger partial charge in [-0.3, -0.25) is 14.8 Å². The van der Waals surface area contributed by atoms with Crippen LogP contribution in [0.3, 0.4) is 0 Å². The Morgan fingerprint density at radius 2 is 1.94 bits per heavy atom. The van der Waals surface area contributed by atoms with Crippen LogP contribution in [-0.2, 0) is 0 Å². The zero-order chi connectivity index (χ0) is 12.8. The lowest BCUT2D eigenvalue weighted by atomic mass is 10.2. The van der Waals surface area contributed by atoms with E-state index >= 15 is 0 Å². The molecule has 1 amide bonds. The monoisotopic (exact) mass is 241 g/mol. The summed E-state index contributed by atoms with van der Waals surface area (Å²) in [4.78, 5) is 23.2. The first-order chi connectivity index (χ1) is 8.77. The Morgan fingerprint density at radius 3 is 2.61 bits per heavy atom. The Morgan fingerprint density at radius 1 is 1.17 bits per heavy atom. The van der Waals surface area contributed by atoms with E-state index < -0.39 is 5.91 Å². The Hall–Kier alpha value is -2.63. The number of amides is 1. The third-order valence-corrected chi connectivity index (χ3v) is 2.22. The van der Waals surface area contributed by atoms with Crippen molar-refractivity contribution in [3.8, 4) is 0 Å². The van der Waals surface area contributed by atoms with Gasteiger partial charge in [0.15, 0.2) is 0 Å². The van der Waals surface area contributed by atoms with Crippen molar-refractivity contribution in [1.29, 1.82) is 0 Å². The topological polar surface area (TPSA) is 80.1 Å². The van der Waals surface area contributed by atoms with Crippen molar-refractivity contribution in [2.45, 2.75) is 6.92 Å². The van der Waals surface area contributed by atoms with Gasteiger partial charge >= 0.3 is 0 Å². The number of hydrogen-bond acceptors (Lipinski definition) is 5. The molecule has 2 rings (SSSR count). The second-order valence-corrected chi connectivity index (χ2v) is 3.46. The van der Waals surface area contributed by atoms with E-state index in [4.69, 9.17) is 0 Å². The van der Waals surface area contributed by atoms with Crippen molar-refractivity contribution in [2.24, 2.45) is 5.10 Å². The minimum atomic E-state index is -0.392. The number of aromatic nitrogens is 3. The molecule has 18 heavy (non-hydrogen) atoms. The fraction of sp³-hybridized carbons (Fsp3) is 0.0833. The number of hydrogen-bond donors (Lipinski definition) is 1. The van der Waals surface area contributed by atoms with E-state index in [0.717, 1.165) is 5.56 Å². The quantitative estimate of drug-likeness (QED) is 0.642. The lowest BCUT2D eigenvalue weighted by Crippen LogP contribution is -2.20. The molecule has 90 valence electrons. The Labute approximate surface area is 104 Å². The maximum Gasteiger partial charge on any atom is 0.291 e. The van der Waals surface area contributed by atoms with Crippen LogP contribution in [0.5, 0.6) is 0 Å². The van der Waals surface area contributed by atoms with Crippen LogP contribution in [0.15, 0.2) is 48.2 Å². The number of nitrogens with zero attached hydrogens (tertiary/aromatic N) is 4. The highest BCUT2D eigenvalue weighted by atomic mass is 16.2. The van der Waals surface area contributed by atoms with E-state index in [9.17, 15) is 4.79 Å². The molecule has 0 atom stereocenters. The van der Waals surface area contributed by atoms with E-state index in [1.54, 1.807) is 19.3 Å². The molecule has 0 spiro atoms. The van der Waals surface area contributed by atoms with E-state index in [0.29, 0.717) is 5.71 Å². The maximum atomic E-state index is 11.6. The predicted molar refractivity (Wildman–Crippen MR) is 65.9 cm³/mol.